The second-order valence-corrected chi connectivity index (χ2v) is 4.99. The Morgan fingerprint density at radius 1 is 1.31 bits per heavy atom. The molecule has 5 heteroatoms. The van der Waals surface area contributed by atoms with Gasteiger partial charge in [-0.3, -0.25) is 9.59 Å². The van der Waals surface area contributed by atoms with E-state index in [1.807, 2.05) is 20.8 Å². The highest BCUT2D eigenvalue weighted by Crippen LogP contribution is 2.00. The molecule has 0 aliphatic heterocycles. The van der Waals surface area contributed by atoms with Gasteiger partial charge >= 0.3 is 0 Å². The van der Waals surface area contributed by atoms with E-state index in [0.717, 1.165) is 0 Å². The van der Waals surface area contributed by atoms with Gasteiger partial charge in [-0.15, -0.1) is 0 Å². The number of carbonyl (C=O) groups is 2. The summed E-state index contributed by atoms with van der Waals surface area (Å²) in [5.41, 5.74) is 5.07. The lowest BCUT2D eigenvalue weighted by molar-refractivity contribution is -0.128. The van der Waals surface area contributed by atoms with Gasteiger partial charge in [-0.1, -0.05) is 6.92 Å². The Hall–Kier alpha value is -1.10. The number of carbonyl (C=O) groups excluding carboxylic acids is 2. The summed E-state index contributed by atoms with van der Waals surface area (Å²) in [6.45, 7) is 7.97. The minimum atomic E-state index is -0.273. The molecule has 0 aliphatic carbocycles. The fourth-order valence-corrected chi connectivity index (χ4v) is 1.19. The summed E-state index contributed by atoms with van der Waals surface area (Å²) in [6, 6.07) is 0. The van der Waals surface area contributed by atoms with Crippen molar-refractivity contribution in [3.8, 4) is 0 Å². The van der Waals surface area contributed by atoms with Crippen molar-refractivity contribution in [2.24, 2.45) is 11.7 Å². The molecule has 0 rings (SSSR count). The normalized spacial score (nSPS) is 13.1. The molecule has 0 heterocycles. The lowest BCUT2D eigenvalue weighted by Crippen LogP contribution is -2.46. The van der Waals surface area contributed by atoms with Gasteiger partial charge in [-0.2, -0.15) is 0 Å². The molecule has 1 unspecified atom stereocenters. The van der Waals surface area contributed by atoms with Crippen LogP contribution in [0.1, 0.15) is 34.1 Å². The van der Waals surface area contributed by atoms with E-state index in [2.05, 4.69) is 10.6 Å². The molecule has 0 aromatic carbocycles. The Kier molecular flexibility index (Phi) is 6.03. The summed E-state index contributed by atoms with van der Waals surface area (Å²) in [6.07, 6.45) is 0.632. The molecular formula is C11H23N3O2. The lowest BCUT2D eigenvalue weighted by Gasteiger charge is -2.20. The molecule has 5 nitrogen and oxygen atoms in total. The minimum Gasteiger partial charge on any atom is -0.350 e. The fraction of sp³-hybridized carbons (Fsp3) is 0.818. The lowest BCUT2D eigenvalue weighted by atomic mass is 10.1. The van der Waals surface area contributed by atoms with E-state index in [9.17, 15) is 9.59 Å². The summed E-state index contributed by atoms with van der Waals surface area (Å²) in [7, 11) is 0. The van der Waals surface area contributed by atoms with Crippen LogP contribution in [0.3, 0.4) is 0 Å². The summed E-state index contributed by atoms with van der Waals surface area (Å²) in [5.74, 6) is -0.456. The first-order valence-corrected chi connectivity index (χ1v) is 5.55. The Morgan fingerprint density at radius 3 is 2.31 bits per heavy atom. The molecule has 1 atom stereocenters. The van der Waals surface area contributed by atoms with Gasteiger partial charge in [0.05, 0.1) is 6.54 Å². The van der Waals surface area contributed by atoms with E-state index < -0.39 is 0 Å². The second kappa shape index (κ2) is 6.48. The molecule has 0 aromatic heterocycles. The first kappa shape index (κ1) is 14.9. The Morgan fingerprint density at radius 2 is 1.88 bits per heavy atom. The number of hydrogen-bond acceptors (Lipinski definition) is 3. The zero-order valence-corrected chi connectivity index (χ0v) is 10.6. The Labute approximate surface area is 97.2 Å². The SMILES string of the molecule is CC(CCN)C(=O)NCC(=O)NC(C)(C)C. The molecular weight excluding hydrogens is 206 g/mol. The van der Waals surface area contributed by atoms with Gasteiger partial charge in [-0.25, -0.2) is 0 Å². The predicted octanol–water partition coefficient (Wildman–Crippen LogP) is 0.00220. The van der Waals surface area contributed by atoms with Crippen molar-refractivity contribution >= 4 is 11.8 Å². The molecule has 0 saturated carbocycles. The topological polar surface area (TPSA) is 84.2 Å². The zero-order valence-electron chi connectivity index (χ0n) is 10.6. The van der Waals surface area contributed by atoms with Crippen molar-refractivity contribution in [1.29, 1.82) is 0 Å². The molecule has 0 saturated heterocycles. The van der Waals surface area contributed by atoms with E-state index in [0.29, 0.717) is 13.0 Å². The maximum atomic E-state index is 11.5. The fourth-order valence-electron chi connectivity index (χ4n) is 1.19. The smallest absolute Gasteiger partial charge is 0.239 e. The molecule has 0 fully saturated rings. The first-order chi connectivity index (χ1) is 7.26. The van der Waals surface area contributed by atoms with Crippen LogP contribution in [0.2, 0.25) is 0 Å². The van der Waals surface area contributed by atoms with Crippen molar-refractivity contribution < 1.29 is 9.59 Å². The van der Waals surface area contributed by atoms with Crippen LogP contribution >= 0.6 is 0 Å². The van der Waals surface area contributed by atoms with Crippen molar-refractivity contribution in [1.82, 2.24) is 10.6 Å². The number of nitrogens with one attached hydrogen (secondary N) is 2. The van der Waals surface area contributed by atoms with E-state index >= 15 is 0 Å². The highest BCUT2D eigenvalue weighted by molar-refractivity contribution is 5.85. The van der Waals surface area contributed by atoms with Gasteiger partial charge in [0, 0.05) is 11.5 Å². The summed E-state index contributed by atoms with van der Waals surface area (Å²) < 4.78 is 0. The monoisotopic (exact) mass is 229 g/mol. The summed E-state index contributed by atoms with van der Waals surface area (Å²) >= 11 is 0. The minimum absolute atomic E-state index is 0.0189. The molecule has 16 heavy (non-hydrogen) atoms. The van der Waals surface area contributed by atoms with Gasteiger partial charge in [0.1, 0.15) is 0 Å². The third-order valence-corrected chi connectivity index (χ3v) is 1.98. The van der Waals surface area contributed by atoms with Crippen LogP contribution in [0.25, 0.3) is 0 Å². The van der Waals surface area contributed by atoms with Crippen LogP contribution in [-0.4, -0.2) is 30.4 Å². The third kappa shape index (κ3) is 7.23. The van der Waals surface area contributed by atoms with Crippen LogP contribution in [0.4, 0.5) is 0 Å². The van der Waals surface area contributed by atoms with E-state index in [4.69, 9.17) is 5.73 Å². The number of rotatable bonds is 5. The molecule has 0 radical (unpaired) electrons. The Bertz CT molecular complexity index is 246. The molecule has 0 spiro atoms. The van der Waals surface area contributed by atoms with Crippen molar-refractivity contribution in [3.05, 3.63) is 0 Å². The average molecular weight is 229 g/mol. The van der Waals surface area contributed by atoms with Crippen LogP contribution in [0.15, 0.2) is 0 Å². The van der Waals surface area contributed by atoms with Crippen LogP contribution < -0.4 is 16.4 Å². The number of nitrogens with two attached hydrogens (primary N) is 1. The van der Waals surface area contributed by atoms with Gasteiger partial charge < -0.3 is 16.4 Å². The van der Waals surface area contributed by atoms with Crippen molar-refractivity contribution in [2.75, 3.05) is 13.1 Å². The van der Waals surface area contributed by atoms with Crippen molar-refractivity contribution in [3.63, 3.8) is 0 Å². The number of amides is 2. The molecule has 94 valence electrons. The maximum Gasteiger partial charge on any atom is 0.239 e. The molecule has 4 N–H and O–H groups in total. The van der Waals surface area contributed by atoms with Gasteiger partial charge in [0.2, 0.25) is 11.8 Å². The molecule has 0 aliphatic rings. The van der Waals surface area contributed by atoms with E-state index in [1.54, 1.807) is 6.92 Å². The van der Waals surface area contributed by atoms with E-state index in [-0.39, 0.29) is 29.8 Å². The zero-order chi connectivity index (χ0) is 12.8. The van der Waals surface area contributed by atoms with Crippen LogP contribution in [0, 0.1) is 5.92 Å². The van der Waals surface area contributed by atoms with E-state index in [1.165, 1.54) is 0 Å². The highest BCUT2D eigenvalue weighted by Gasteiger charge is 2.16. The van der Waals surface area contributed by atoms with Gasteiger partial charge in [-0.05, 0) is 33.7 Å². The third-order valence-electron chi connectivity index (χ3n) is 1.98. The summed E-state index contributed by atoms with van der Waals surface area (Å²) in [5, 5.41) is 5.35. The molecule has 0 aromatic rings. The van der Waals surface area contributed by atoms with Gasteiger partial charge in [0.25, 0.3) is 0 Å². The van der Waals surface area contributed by atoms with Crippen LogP contribution in [0.5, 0.6) is 0 Å². The van der Waals surface area contributed by atoms with Crippen LogP contribution in [-0.2, 0) is 9.59 Å². The van der Waals surface area contributed by atoms with Crippen molar-refractivity contribution in [2.45, 2.75) is 39.7 Å². The standard InChI is InChI=1S/C11H23N3O2/c1-8(5-6-12)10(16)13-7-9(15)14-11(2,3)4/h8H,5-7,12H2,1-4H3,(H,13,16)(H,14,15). The first-order valence-electron chi connectivity index (χ1n) is 5.55. The second-order valence-electron chi connectivity index (χ2n) is 4.99. The molecule has 0 bridgehead atoms. The quantitative estimate of drug-likeness (QED) is 0.620. The largest absolute Gasteiger partial charge is 0.350 e. The highest BCUT2D eigenvalue weighted by atomic mass is 16.2. The predicted molar refractivity (Wildman–Crippen MR) is 63.7 cm³/mol. The Balaban J connectivity index is 3.88. The average Bonchev–Trinajstić information content (AvgIpc) is 2.11. The number of hydrogen-bond donors (Lipinski definition) is 3. The maximum absolute atomic E-state index is 11.5. The summed E-state index contributed by atoms with van der Waals surface area (Å²) in [4.78, 5) is 22.8. The van der Waals surface area contributed by atoms with Gasteiger partial charge in [0.15, 0.2) is 0 Å². The molecule has 2 amide bonds.